The largest absolute Gasteiger partial charge is 0.481 e. The molecule has 0 bridgehead atoms. The number of hydrogen-bond acceptors (Lipinski definition) is 5. The summed E-state index contributed by atoms with van der Waals surface area (Å²) in [5.74, 6) is -0.739. The Labute approximate surface area is 120 Å². The third kappa shape index (κ3) is 4.10. The number of amides is 1. The predicted molar refractivity (Wildman–Crippen MR) is 73.4 cm³/mol. The van der Waals surface area contributed by atoms with Gasteiger partial charge in [-0.15, -0.1) is 10.2 Å². The summed E-state index contributed by atoms with van der Waals surface area (Å²) in [5.41, 5.74) is 1.13. The van der Waals surface area contributed by atoms with E-state index in [0.29, 0.717) is 23.4 Å². The molecule has 21 heavy (non-hydrogen) atoms. The number of carboxylic acids is 1. The number of carbonyl (C=O) groups is 2. The Morgan fingerprint density at radius 1 is 1.43 bits per heavy atom. The molecule has 0 spiro atoms. The van der Waals surface area contributed by atoms with Gasteiger partial charge in [0.1, 0.15) is 0 Å². The van der Waals surface area contributed by atoms with Gasteiger partial charge in [-0.05, 0) is 30.7 Å². The van der Waals surface area contributed by atoms with E-state index in [1.807, 2.05) is 0 Å². The monoisotopic (exact) mass is 289 g/mol. The van der Waals surface area contributed by atoms with Crippen LogP contribution >= 0.6 is 0 Å². The quantitative estimate of drug-likeness (QED) is 0.725. The van der Waals surface area contributed by atoms with Crippen LogP contribution in [-0.2, 0) is 4.79 Å². The number of hydrogen-bond donors (Lipinski definition) is 3. The van der Waals surface area contributed by atoms with Crippen LogP contribution in [0.2, 0.25) is 0 Å². The molecule has 8 heteroatoms. The highest BCUT2D eigenvalue weighted by Crippen LogP contribution is 2.15. The molecule has 1 amide bonds. The number of rotatable bonds is 6. The van der Waals surface area contributed by atoms with E-state index in [9.17, 15) is 9.59 Å². The van der Waals surface area contributed by atoms with Gasteiger partial charge < -0.3 is 10.4 Å². The second-order valence-corrected chi connectivity index (χ2v) is 4.62. The van der Waals surface area contributed by atoms with Gasteiger partial charge in [0.05, 0.1) is 0 Å². The molecule has 0 saturated carbocycles. The van der Waals surface area contributed by atoms with Crippen molar-refractivity contribution in [3.8, 4) is 11.4 Å². The van der Waals surface area contributed by atoms with Gasteiger partial charge in [-0.3, -0.25) is 9.59 Å². The van der Waals surface area contributed by atoms with E-state index in [4.69, 9.17) is 5.11 Å². The first-order valence-corrected chi connectivity index (χ1v) is 6.43. The third-order valence-corrected chi connectivity index (χ3v) is 2.90. The van der Waals surface area contributed by atoms with Crippen molar-refractivity contribution in [1.82, 2.24) is 25.9 Å². The summed E-state index contributed by atoms with van der Waals surface area (Å²) in [7, 11) is 0. The average Bonchev–Trinajstić information content (AvgIpc) is 2.99. The molecule has 0 aliphatic heterocycles. The third-order valence-electron chi connectivity index (χ3n) is 2.90. The van der Waals surface area contributed by atoms with Gasteiger partial charge in [0.25, 0.3) is 5.91 Å². The Bertz CT molecular complexity index is 626. The number of aliphatic carboxylic acids is 1. The number of carboxylic acid groups (broad SMARTS) is 1. The molecule has 0 saturated heterocycles. The highest BCUT2D eigenvalue weighted by Gasteiger charge is 2.12. The zero-order chi connectivity index (χ0) is 15.2. The van der Waals surface area contributed by atoms with E-state index in [1.165, 1.54) is 0 Å². The molecule has 1 atom stereocenters. The van der Waals surface area contributed by atoms with Gasteiger partial charge in [-0.25, -0.2) is 0 Å². The summed E-state index contributed by atoms with van der Waals surface area (Å²) in [6.45, 7) is 1.77. The molecular weight excluding hydrogens is 274 g/mol. The number of aromatic amines is 1. The van der Waals surface area contributed by atoms with E-state index in [0.717, 1.165) is 0 Å². The van der Waals surface area contributed by atoms with E-state index < -0.39 is 5.97 Å². The number of nitrogens with zero attached hydrogens (tertiary/aromatic N) is 3. The van der Waals surface area contributed by atoms with Crippen LogP contribution in [0.4, 0.5) is 0 Å². The number of aromatic nitrogens is 4. The average molecular weight is 289 g/mol. The van der Waals surface area contributed by atoms with Gasteiger partial charge in [-0.1, -0.05) is 12.1 Å². The van der Waals surface area contributed by atoms with Crippen molar-refractivity contribution in [3.63, 3.8) is 0 Å². The summed E-state index contributed by atoms with van der Waals surface area (Å²) in [6.07, 6.45) is 0.399. The zero-order valence-electron chi connectivity index (χ0n) is 11.4. The van der Waals surface area contributed by atoms with Gasteiger partial charge in [0, 0.05) is 23.6 Å². The van der Waals surface area contributed by atoms with Crippen molar-refractivity contribution in [2.75, 3.05) is 0 Å². The van der Waals surface area contributed by atoms with Crippen molar-refractivity contribution < 1.29 is 14.7 Å². The Kier molecular flexibility index (Phi) is 4.60. The van der Waals surface area contributed by atoms with Crippen molar-refractivity contribution in [1.29, 1.82) is 0 Å². The van der Waals surface area contributed by atoms with Gasteiger partial charge in [-0.2, -0.15) is 5.21 Å². The maximum Gasteiger partial charge on any atom is 0.303 e. The summed E-state index contributed by atoms with van der Waals surface area (Å²) in [6, 6.07) is 6.60. The Hall–Kier alpha value is -2.77. The maximum absolute atomic E-state index is 12.1. The number of benzene rings is 1. The maximum atomic E-state index is 12.1. The molecule has 0 fully saturated rings. The van der Waals surface area contributed by atoms with Crippen LogP contribution in [0.25, 0.3) is 11.4 Å². The van der Waals surface area contributed by atoms with Crippen molar-refractivity contribution >= 4 is 11.9 Å². The highest BCUT2D eigenvalue weighted by molar-refractivity contribution is 5.95. The first-order valence-electron chi connectivity index (χ1n) is 6.43. The normalized spacial score (nSPS) is 11.9. The lowest BCUT2D eigenvalue weighted by atomic mass is 10.1. The van der Waals surface area contributed by atoms with Crippen LogP contribution in [0.5, 0.6) is 0 Å². The highest BCUT2D eigenvalue weighted by atomic mass is 16.4. The minimum absolute atomic E-state index is 0.0182. The Balaban J connectivity index is 2.03. The molecule has 1 aromatic carbocycles. The number of carbonyl (C=O) groups excluding carboxylic acids is 1. The molecule has 0 radical (unpaired) electrons. The van der Waals surface area contributed by atoms with E-state index in [-0.39, 0.29) is 18.4 Å². The fourth-order valence-electron chi connectivity index (χ4n) is 1.80. The number of tetrazole rings is 1. The van der Waals surface area contributed by atoms with Crippen molar-refractivity contribution in [2.24, 2.45) is 0 Å². The lowest BCUT2D eigenvalue weighted by molar-refractivity contribution is -0.137. The Morgan fingerprint density at radius 3 is 2.90 bits per heavy atom. The lowest BCUT2D eigenvalue weighted by Crippen LogP contribution is -2.32. The molecule has 0 aliphatic rings. The fourth-order valence-corrected chi connectivity index (χ4v) is 1.80. The minimum Gasteiger partial charge on any atom is -0.481 e. The zero-order valence-corrected chi connectivity index (χ0v) is 11.4. The van der Waals surface area contributed by atoms with Gasteiger partial charge in [0.2, 0.25) is 5.82 Å². The summed E-state index contributed by atoms with van der Waals surface area (Å²) in [5, 5.41) is 24.9. The summed E-state index contributed by atoms with van der Waals surface area (Å²) >= 11 is 0. The van der Waals surface area contributed by atoms with Crippen LogP contribution in [0, 0.1) is 0 Å². The van der Waals surface area contributed by atoms with Crippen molar-refractivity contribution in [2.45, 2.75) is 25.8 Å². The predicted octanol–water partition coefficient (Wildman–Crippen LogP) is 0.850. The second kappa shape index (κ2) is 6.60. The molecule has 1 unspecified atom stereocenters. The number of nitrogens with one attached hydrogen (secondary N) is 2. The van der Waals surface area contributed by atoms with Crippen LogP contribution < -0.4 is 5.32 Å². The molecule has 110 valence electrons. The van der Waals surface area contributed by atoms with E-state index in [1.54, 1.807) is 31.2 Å². The van der Waals surface area contributed by atoms with Crippen LogP contribution in [0.15, 0.2) is 24.3 Å². The molecule has 8 nitrogen and oxygen atoms in total. The number of H-pyrrole nitrogens is 1. The fraction of sp³-hybridized carbons (Fsp3) is 0.308. The topological polar surface area (TPSA) is 121 Å². The van der Waals surface area contributed by atoms with Crippen LogP contribution in [0.1, 0.15) is 30.1 Å². The smallest absolute Gasteiger partial charge is 0.303 e. The lowest BCUT2D eigenvalue weighted by Gasteiger charge is -2.13. The molecular formula is C13H15N5O3. The van der Waals surface area contributed by atoms with Crippen LogP contribution in [-0.4, -0.2) is 43.6 Å². The standard InChI is InChI=1S/C13H15N5O3/c1-8(5-6-11(19)20)14-13(21)10-4-2-3-9(7-10)12-15-17-18-16-12/h2-4,7-8H,5-6H2,1H3,(H,14,21)(H,19,20)(H,15,16,17,18). The van der Waals surface area contributed by atoms with Gasteiger partial charge in [0.15, 0.2) is 0 Å². The summed E-state index contributed by atoms with van der Waals surface area (Å²) in [4.78, 5) is 22.6. The van der Waals surface area contributed by atoms with Crippen molar-refractivity contribution in [3.05, 3.63) is 29.8 Å². The van der Waals surface area contributed by atoms with Crippen LogP contribution in [0.3, 0.4) is 0 Å². The minimum atomic E-state index is -0.879. The molecule has 3 N–H and O–H groups in total. The van der Waals surface area contributed by atoms with E-state index in [2.05, 4.69) is 25.9 Å². The Morgan fingerprint density at radius 2 is 2.24 bits per heavy atom. The molecule has 2 rings (SSSR count). The molecule has 1 aromatic heterocycles. The van der Waals surface area contributed by atoms with E-state index >= 15 is 0 Å². The SMILES string of the molecule is CC(CCC(=O)O)NC(=O)c1cccc(-c2nn[nH]n2)c1. The van der Waals surface area contributed by atoms with Gasteiger partial charge >= 0.3 is 5.97 Å². The molecule has 2 aromatic rings. The molecule has 0 aliphatic carbocycles. The second-order valence-electron chi connectivity index (χ2n) is 4.62. The first-order chi connectivity index (χ1) is 10.1. The molecule has 1 heterocycles. The first kappa shape index (κ1) is 14.6. The summed E-state index contributed by atoms with van der Waals surface area (Å²) < 4.78 is 0.